The summed E-state index contributed by atoms with van der Waals surface area (Å²) in [6, 6.07) is 8.27. The SMILES string of the molecule is Cn1c(CN2CCC3(CC2)CN(Cc2cscn2)C(=O)CCO3)nc2ccccc21. The molecule has 2 saturated heterocycles. The van der Waals surface area contributed by atoms with Crippen LogP contribution in [0.4, 0.5) is 0 Å². The third-order valence-corrected chi connectivity index (χ3v) is 7.04. The van der Waals surface area contributed by atoms with Crippen LogP contribution in [-0.2, 0) is 29.7 Å². The second-order valence-electron chi connectivity index (χ2n) is 8.36. The van der Waals surface area contributed by atoms with Gasteiger partial charge < -0.3 is 14.2 Å². The summed E-state index contributed by atoms with van der Waals surface area (Å²) in [7, 11) is 2.09. The number of imidazole rings is 1. The first-order valence-electron chi connectivity index (χ1n) is 10.5. The molecule has 1 amide bonds. The first-order valence-corrected chi connectivity index (χ1v) is 11.5. The van der Waals surface area contributed by atoms with Gasteiger partial charge in [0, 0.05) is 25.5 Å². The minimum atomic E-state index is -0.245. The largest absolute Gasteiger partial charge is 0.373 e. The number of carbonyl (C=O) groups excluding carboxylic acids is 1. The number of benzene rings is 1. The van der Waals surface area contributed by atoms with E-state index in [4.69, 9.17) is 9.72 Å². The van der Waals surface area contributed by atoms with Gasteiger partial charge in [-0.2, -0.15) is 0 Å². The second kappa shape index (κ2) is 8.09. The first kappa shape index (κ1) is 19.7. The molecule has 3 aromatic rings. The van der Waals surface area contributed by atoms with Gasteiger partial charge in [-0.05, 0) is 25.0 Å². The zero-order valence-corrected chi connectivity index (χ0v) is 18.1. The van der Waals surface area contributed by atoms with E-state index in [0.29, 0.717) is 26.1 Å². The van der Waals surface area contributed by atoms with Gasteiger partial charge in [0.2, 0.25) is 5.91 Å². The lowest BCUT2D eigenvalue weighted by Crippen LogP contribution is -2.51. The maximum absolute atomic E-state index is 12.6. The number of aromatic nitrogens is 3. The summed E-state index contributed by atoms with van der Waals surface area (Å²) in [5.74, 6) is 1.26. The van der Waals surface area contributed by atoms with Gasteiger partial charge >= 0.3 is 0 Å². The average molecular weight is 426 g/mol. The standard InChI is InChI=1S/C22H27N5O2S/c1-25-19-5-3-2-4-18(19)24-20(25)13-26-9-7-22(8-10-26)15-27(21(28)6-11-29-22)12-17-14-30-16-23-17/h2-5,14,16H,6-13,15H2,1H3. The fraction of sp³-hybridized carbons (Fsp3) is 0.500. The number of para-hydroxylation sites is 2. The number of hydrogen-bond acceptors (Lipinski definition) is 6. The molecular weight excluding hydrogens is 398 g/mol. The maximum Gasteiger partial charge on any atom is 0.225 e. The van der Waals surface area contributed by atoms with Crippen molar-refractivity contribution in [2.75, 3.05) is 26.2 Å². The zero-order valence-electron chi connectivity index (χ0n) is 17.3. The molecule has 4 heterocycles. The Labute approximate surface area is 180 Å². The summed E-state index contributed by atoms with van der Waals surface area (Å²) in [4.78, 5) is 26.2. The van der Waals surface area contributed by atoms with Crippen LogP contribution in [0.2, 0.25) is 0 Å². The first-order chi connectivity index (χ1) is 14.6. The minimum absolute atomic E-state index is 0.169. The van der Waals surface area contributed by atoms with Crippen LogP contribution in [-0.4, -0.2) is 62.1 Å². The number of piperidine rings is 1. The van der Waals surface area contributed by atoms with Crippen LogP contribution < -0.4 is 0 Å². The van der Waals surface area contributed by atoms with Gasteiger partial charge in [-0.15, -0.1) is 11.3 Å². The molecule has 7 nitrogen and oxygen atoms in total. The van der Waals surface area contributed by atoms with E-state index in [1.165, 1.54) is 5.52 Å². The second-order valence-corrected chi connectivity index (χ2v) is 9.08. The van der Waals surface area contributed by atoms with Crippen molar-refractivity contribution in [2.45, 2.75) is 38.0 Å². The van der Waals surface area contributed by atoms with Crippen molar-refractivity contribution < 1.29 is 9.53 Å². The maximum atomic E-state index is 12.6. The molecule has 1 aromatic carbocycles. The molecule has 30 heavy (non-hydrogen) atoms. The smallest absolute Gasteiger partial charge is 0.225 e. The van der Waals surface area contributed by atoms with Gasteiger partial charge in [0.1, 0.15) is 5.82 Å². The highest BCUT2D eigenvalue weighted by Gasteiger charge is 2.40. The van der Waals surface area contributed by atoms with Gasteiger partial charge in [0.15, 0.2) is 0 Å². The predicted octanol–water partition coefficient (Wildman–Crippen LogP) is 2.81. The Hall–Kier alpha value is -2.29. The fourth-order valence-corrected chi connectivity index (χ4v) is 5.16. The van der Waals surface area contributed by atoms with Gasteiger partial charge in [-0.3, -0.25) is 9.69 Å². The van der Waals surface area contributed by atoms with Gasteiger partial charge in [-0.25, -0.2) is 9.97 Å². The molecule has 8 heteroatoms. The van der Waals surface area contributed by atoms with E-state index in [2.05, 4.69) is 39.7 Å². The zero-order chi connectivity index (χ0) is 20.6. The summed E-state index contributed by atoms with van der Waals surface area (Å²) >= 11 is 1.57. The highest BCUT2D eigenvalue weighted by Crippen LogP contribution is 2.31. The van der Waals surface area contributed by atoms with Crippen molar-refractivity contribution in [3.8, 4) is 0 Å². The van der Waals surface area contributed by atoms with Crippen LogP contribution in [0, 0.1) is 0 Å². The fourth-order valence-electron chi connectivity index (χ4n) is 4.61. The molecule has 2 aliphatic rings. The van der Waals surface area contributed by atoms with E-state index in [1.807, 2.05) is 21.9 Å². The summed E-state index contributed by atoms with van der Waals surface area (Å²) in [6.07, 6.45) is 2.31. The summed E-state index contributed by atoms with van der Waals surface area (Å²) < 4.78 is 8.48. The average Bonchev–Trinajstić information content (AvgIpc) is 3.34. The molecule has 0 unspecified atom stereocenters. The van der Waals surface area contributed by atoms with E-state index < -0.39 is 0 Å². The molecule has 2 aromatic heterocycles. The van der Waals surface area contributed by atoms with Crippen LogP contribution in [0.5, 0.6) is 0 Å². The van der Waals surface area contributed by atoms with E-state index in [9.17, 15) is 4.79 Å². The van der Waals surface area contributed by atoms with Crippen molar-refractivity contribution in [1.82, 2.24) is 24.3 Å². The highest BCUT2D eigenvalue weighted by atomic mass is 32.1. The predicted molar refractivity (Wildman–Crippen MR) is 116 cm³/mol. The normalized spacial score (nSPS) is 20.2. The van der Waals surface area contributed by atoms with E-state index in [0.717, 1.165) is 49.5 Å². The number of hydrogen-bond donors (Lipinski definition) is 0. The van der Waals surface area contributed by atoms with Crippen molar-refractivity contribution in [3.63, 3.8) is 0 Å². The number of aryl methyl sites for hydroxylation is 1. The van der Waals surface area contributed by atoms with Crippen LogP contribution in [0.3, 0.4) is 0 Å². The third kappa shape index (κ3) is 3.87. The van der Waals surface area contributed by atoms with E-state index in [-0.39, 0.29) is 11.5 Å². The van der Waals surface area contributed by atoms with Crippen LogP contribution in [0.1, 0.15) is 30.8 Å². The number of rotatable bonds is 4. The molecule has 0 aliphatic carbocycles. The lowest BCUT2D eigenvalue weighted by atomic mass is 9.90. The van der Waals surface area contributed by atoms with Crippen molar-refractivity contribution in [2.24, 2.45) is 7.05 Å². The van der Waals surface area contributed by atoms with E-state index >= 15 is 0 Å². The third-order valence-electron chi connectivity index (χ3n) is 6.40. The lowest BCUT2D eigenvalue weighted by Gasteiger charge is -2.42. The number of likely N-dealkylation sites (tertiary alicyclic amines) is 1. The number of carbonyl (C=O) groups is 1. The van der Waals surface area contributed by atoms with Crippen molar-refractivity contribution in [1.29, 1.82) is 0 Å². The number of fused-ring (bicyclic) bond motifs is 1. The monoisotopic (exact) mass is 425 g/mol. The molecule has 0 N–H and O–H groups in total. The van der Waals surface area contributed by atoms with Crippen LogP contribution in [0.25, 0.3) is 11.0 Å². The van der Waals surface area contributed by atoms with Crippen LogP contribution in [0.15, 0.2) is 35.2 Å². The number of thiazole rings is 1. The van der Waals surface area contributed by atoms with Gasteiger partial charge in [0.05, 0.1) is 60.5 Å². The molecule has 5 rings (SSSR count). The molecule has 0 radical (unpaired) electrons. The molecule has 0 bridgehead atoms. The molecule has 1 spiro atoms. The van der Waals surface area contributed by atoms with E-state index in [1.54, 1.807) is 11.3 Å². The Balaban J connectivity index is 1.25. The molecule has 0 atom stereocenters. The quantitative estimate of drug-likeness (QED) is 0.643. The number of nitrogens with zero attached hydrogens (tertiary/aromatic N) is 5. The molecule has 2 fully saturated rings. The van der Waals surface area contributed by atoms with Crippen molar-refractivity contribution in [3.05, 3.63) is 46.7 Å². The Morgan fingerprint density at radius 3 is 2.80 bits per heavy atom. The van der Waals surface area contributed by atoms with Gasteiger partial charge in [-0.1, -0.05) is 12.1 Å². The Bertz CT molecular complexity index is 1020. The highest BCUT2D eigenvalue weighted by molar-refractivity contribution is 7.07. The lowest BCUT2D eigenvalue weighted by molar-refractivity contribution is -0.132. The molecular formula is C22H27N5O2S. The summed E-state index contributed by atoms with van der Waals surface area (Å²) in [6.45, 7) is 4.48. The summed E-state index contributed by atoms with van der Waals surface area (Å²) in [5.41, 5.74) is 4.76. The Morgan fingerprint density at radius 2 is 2.03 bits per heavy atom. The molecule has 0 saturated carbocycles. The topological polar surface area (TPSA) is 63.5 Å². The summed E-state index contributed by atoms with van der Waals surface area (Å²) in [5, 5.41) is 2.02. The van der Waals surface area contributed by atoms with Gasteiger partial charge in [0.25, 0.3) is 0 Å². The Kier molecular flexibility index (Phi) is 5.30. The Morgan fingerprint density at radius 1 is 1.20 bits per heavy atom. The number of amides is 1. The minimum Gasteiger partial charge on any atom is -0.373 e. The molecule has 158 valence electrons. The van der Waals surface area contributed by atoms with Crippen molar-refractivity contribution >= 4 is 28.3 Å². The molecule has 2 aliphatic heterocycles. The van der Waals surface area contributed by atoms with Crippen LogP contribution >= 0.6 is 11.3 Å². The number of ether oxygens (including phenoxy) is 1.